The maximum Gasteiger partial charge on any atom is 0.211 e. The fourth-order valence-corrected chi connectivity index (χ4v) is 1.45. The Morgan fingerprint density at radius 1 is 1.33 bits per heavy atom. The van der Waals surface area contributed by atoms with Crippen LogP contribution in [0.5, 0.6) is 0 Å². The molecule has 0 saturated carbocycles. The summed E-state index contributed by atoms with van der Waals surface area (Å²) >= 11 is 0. The van der Waals surface area contributed by atoms with Crippen LogP contribution in [0.25, 0.3) is 0 Å². The third-order valence-corrected chi connectivity index (χ3v) is 2.06. The van der Waals surface area contributed by atoms with Gasteiger partial charge in [0.1, 0.15) is 0 Å². The van der Waals surface area contributed by atoms with Crippen LogP contribution >= 0.6 is 0 Å². The van der Waals surface area contributed by atoms with Gasteiger partial charge in [-0.1, -0.05) is 6.07 Å². The van der Waals surface area contributed by atoms with Crippen LogP contribution < -0.4 is 10.6 Å². The summed E-state index contributed by atoms with van der Waals surface area (Å²) in [5, 5.41) is 5.87. The molecule has 0 aliphatic carbocycles. The third-order valence-electron chi connectivity index (χ3n) is 2.06. The summed E-state index contributed by atoms with van der Waals surface area (Å²) in [5.41, 5.74) is 3.47. The van der Waals surface area contributed by atoms with Crippen molar-refractivity contribution in [3.05, 3.63) is 29.3 Å². The van der Waals surface area contributed by atoms with Gasteiger partial charge < -0.3 is 10.6 Å². The van der Waals surface area contributed by atoms with Crippen molar-refractivity contribution in [2.75, 3.05) is 5.32 Å². The monoisotopic (exact) mass is 162 g/mol. The van der Waals surface area contributed by atoms with Gasteiger partial charge in [-0.15, -0.1) is 0 Å². The zero-order valence-corrected chi connectivity index (χ0v) is 6.63. The second-order valence-corrected chi connectivity index (χ2v) is 2.85. The maximum absolute atomic E-state index is 10.1. The Labute approximate surface area is 70.8 Å². The van der Waals surface area contributed by atoms with Crippen molar-refractivity contribution < 1.29 is 4.79 Å². The fourth-order valence-electron chi connectivity index (χ4n) is 1.45. The van der Waals surface area contributed by atoms with Crippen LogP contribution in [0.4, 0.5) is 5.69 Å². The maximum atomic E-state index is 10.1. The lowest BCUT2D eigenvalue weighted by Gasteiger charge is -2.01. The summed E-state index contributed by atoms with van der Waals surface area (Å²) in [5.74, 6) is 0. The van der Waals surface area contributed by atoms with Crippen molar-refractivity contribution in [1.29, 1.82) is 0 Å². The van der Waals surface area contributed by atoms with E-state index >= 15 is 0 Å². The molecule has 1 aromatic carbocycles. The quantitative estimate of drug-likeness (QED) is 0.633. The SMILES string of the molecule is O=CNc1ccc2c(c1)CNC2. The molecule has 1 aromatic rings. The molecule has 0 fully saturated rings. The van der Waals surface area contributed by atoms with Crippen LogP contribution in [0, 0.1) is 0 Å². The number of hydrogen-bond acceptors (Lipinski definition) is 2. The van der Waals surface area contributed by atoms with Gasteiger partial charge in [0.2, 0.25) is 6.41 Å². The smallest absolute Gasteiger partial charge is 0.211 e. The molecule has 2 rings (SSSR count). The minimum absolute atomic E-state index is 0.699. The largest absolute Gasteiger partial charge is 0.329 e. The van der Waals surface area contributed by atoms with Gasteiger partial charge in [0, 0.05) is 18.8 Å². The van der Waals surface area contributed by atoms with Crippen molar-refractivity contribution >= 4 is 12.1 Å². The van der Waals surface area contributed by atoms with Gasteiger partial charge in [-0.3, -0.25) is 4.79 Å². The van der Waals surface area contributed by atoms with Gasteiger partial charge in [-0.2, -0.15) is 0 Å². The lowest BCUT2D eigenvalue weighted by atomic mass is 10.1. The number of hydrogen-bond donors (Lipinski definition) is 2. The summed E-state index contributed by atoms with van der Waals surface area (Å²) in [6.07, 6.45) is 0.699. The second-order valence-electron chi connectivity index (χ2n) is 2.85. The van der Waals surface area contributed by atoms with Crippen molar-refractivity contribution in [1.82, 2.24) is 5.32 Å². The highest BCUT2D eigenvalue weighted by Crippen LogP contribution is 2.19. The normalized spacial score (nSPS) is 14.0. The van der Waals surface area contributed by atoms with Crippen LogP contribution in [-0.2, 0) is 17.9 Å². The Hall–Kier alpha value is -1.35. The van der Waals surface area contributed by atoms with Gasteiger partial charge in [0.25, 0.3) is 0 Å². The number of carbonyl (C=O) groups excluding carboxylic acids is 1. The predicted octanol–water partition coefficient (Wildman–Crippen LogP) is 0.858. The first-order valence-electron chi connectivity index (χ1n) is 3.93. The molecule has 2 N–H and O–H groups in total. The summed E-state index contributed by atoms with van der Waals surface area (Å²) in [6, 6.07) is 5.96. The summed E-state index contributed by atoms with van der Waals surface area (Å²) in [6.45, 7) is 1.85. The first-order valence-corrected chi connectivity index (χ1v) is 3.93. The molecule has 3 nitrogen and oxygen atoms in total. The Balaban J connectivity index is 2.32. The molecule has 0 radical (unpaired) electrons. The minimum atomic E-state index is 0.699. The molecular weight excluding hydrogens is 152 g/mol. The highest BCUT2D eigenvalue weighted by molar-refractivity contribution is 5.71. The Bertz CT molecular complexity index is 309. The van der Waals surface area contributed by atoms with E-state index in [9.17, 15) is 4.79 Å². The van der Waals surface area contributed by atoms with E-state index in [1.807, 2.05) is 18.2 Å². The lowest BCUT2D eigenvalue weighted by Crippen LogP contribution is -1.99. The number of rotatable bonds is 2. The molecule has 12 heavy (non-hydrogen) atoms. The van der Waals surface area contributed by atoms with E-state index in [4.69, 9.17) is 0 Å². The van der Waals surface area contributed by atoms with E-state index in [2.05, 4.69) is 10.6 Å². The molecule has 0 atom stereocenters. The van der Waals surface area contributed by atoms with Crippen LogP contribution in [0.15, 0.2) is 18.2 Å². The minimum Gasteiger partial charge on any atom is -0.329 e. The van der Waals surface area contributed by atoms with Crippen LogP contribution in [0.2, 0.25) is 0 Å². The molecule has 1 aliphatic heterocycles. The van der Waals surface area contributed by atoms with E-state index in [1.54, 1.807) is 0 Å². The molecule has 0 bridgehead atoms. The number of amides is 1. The molecule has 0 spiro atoms. The number of nitrogens with one attached hydrogen (secondary N) is 2. The van der Waals surface area contributed by atoms with Gasteiger partial charge >= 0.3 is 0 Å². The zero-order valence-electron chi connectivity index (χ0n) is 6.63. The molecule has 62 valence electrons. The zero-order chi connectivity index (χ0) is 8.39. The Morgan fingerprint density at radius 2 is 2.17 bits per heavy atom. The molecule has 1 amide bonds. The summed E-state index contributed by atoms with van der Waals surface area (Å²) in [4.78, 5) is 10.1. The highest BCUT2D eigenvalue weighted by atomic mass is 16.1. The van der Waals surface area contributed by atoms with Crippen molar-refractivity contribution in [2.24, 2.45) is 0 Å². The van der Waals surface area contributed by atoms with Crippen LogP contribution in [-0.4, -0.2) is 6.41 Å². The standard InChI is InChI=1S/C9H10N2O/c12-6-11-9-2-1-7-4-10-5-8(7)3-9/h1-3,6,10H,4-5H2,(H,11,12). The first kappa shape index (κ1) is 7.31. The average molecular weight is 162 g/mol. The Morgan fingerprint density at radius 3 is 3.00 bits per heavy atom. The van der Waals surface area contributed by atoms with E-state index in [0.717, 1.165) is 18.8 Å². The molecule has 0 saturated heterocycles. The highest BCUT2D eigenvalue weighted by Gasteiger charge is 2.09. The van der Waals surface area contributed by atoms with Crippen molar-refractivity contribution in [2.45, 2.75) is 13.1 Å². The van der Waals surface area contributed by atoms with E-state index in [1.165, 1.54) is 11.1 Å². The third kappa shape index (κ3) is 1.19. The topological polar surface area (TPSA) is 41.1 Å². The second kappa shape index (κ2) is 2.95. The Kier molecular flexibility index (Phi) is 1.80. The number of anilines is 1. The van der Waals surface area contributed by atoms with Gasteiger partial charge in [-0.25, -0.2) is 0 Å². The first-order chi connectivity index (χ1) is 5.90. The van der Waals surface area contributed by atoms with E-state index in [-0.39, 0.29) is 0 Å². The van der Waals surface area contributed by atoms with E-state index in [0.29, 0.717) is 6.41 Å². The van der Waals surface area contributed by atoms with Crippen molar-refractivity contribution in [3.63, 3.8) is 0 Å². The van der Waals surface area contributed by atoms with Gasteiger partial charge in [0.15, 0.2) is 0 Å². The summed E-state index contributed by atoms with van der Waals surface area (Å²) in [7, 11) is 0. The summed E-state index contributed by atoms with van der Waals surface area (Å²) < 4.78 is 0. The number of benzene rings is 1. The van der Waals surface area contributed by atoms with Gasteiger partial charge in [0.05, 0.1) is 0 Å². The molecule has 0 aromatic heterocycles. The van der Waals surface area contributed by atoms with Crippen LogP contribution in [0.3, 0.4) is 0 Å². The molecular formula is C9H10N2O. The molecule has 1 heterocycles. The average Bonchev–Trinajstić information content (AvgIpc) is 2.51. The number of carbonyl (C=O) groups is 1. The van der Waals surface area contributed by atoms with Crippen molar-refractivity contribution in [3.8, 4) is 0 Å². The van der Waals surface area contributed by atoms with Gasteiger partial charge in [-0.05, 0) is 23.3 Å². The molecule has 1 aliphatic rings. The van der Waals surface area contributed by atoms with Crippen LogP contribution in [0.1, 0.15) is 11.1 Å². The number of fused-ring (bicyclic) bond motifs is 1. The predicted molar refractivity (Wildman–Crippen MR) is 46.7 cm³/mol. The lowest BCUT2D eigenvalue weighted by molar-refractivity contribution is -0.105. The fraction of sp³-hybridized carbons (Fsp3) is 0.222. The molecule has 3 heteroatoms. The van der Waals surface area contributed by atoms with E-state index < -0.39 is 0 Å². The molecule has 0 unspecified atom stereocenters.